The summed E-state index contributed by atoms with van der Waals surface area (Å²) in [6.45, 7) is 0.583. The fourth-order valence-electron chi connectivity index (χ4n) is 2.31. The summed E-state index contributed by atoms with van der Waals surface area (Å²) in [6.07, 6.45) is 0. The molecule has 0 spiro atoms. The number of carbonyl (C=O) groups is 1. The number of aliphatic hydroxyl groups is 1. The van der Waals surface area contributed by atoms with E-state index in [0.29, 0.717) is 12.1 Å². The van der Waals surface area contributed by atoms with Crippen LogP contribution >= 0.6 is 0 Å². The first kappa shape index (κ1) is 17.0. The molecule has 0 aliphatic heterocycles. The summed E-state index contributed by atoms with van der Waals surface area (Å²) in [7, 11) is 3.23. The van der Waals surface area contributed by atoms with Crippen LogP contribution in [0.5, 0.6) is 5.75 Å². The van der Waals surface area contributed by atoms with Crippen molar-refractivity contribution in [3.63, 3.8) is 0 Å². The summed E-state index contributed by atoms with van der Waals surface area (Å²) in [5, 5.41) is 15.5. The first-order valence-electron chi connectivity index (χ1n) is 7.47. The Morgan fingerprint density at radius 2 is 1.96 bits per heavy atom. The number of rotatable bonds is 7. The third-order valence-electron chi connectivity index (χ3n) is 3.67. The van der Waals surface area contributed by atoms with E-state index in [0.717, 1.165) is 16.9 Å². The molecule has 0 bridgehead atoms. The minimum Gasteiger partial charge on any atom is -0.497 e. The van der Waals surface area contributed by atoms with Gasteiger partial charge in [-0.2, -0.15) is 0 Å². The Morgan fingerprint density at radius 1 is 1.22 bits per heavy atom. The molecule has 0 heterocycles. The molecule has 0 aromatic heterocycles. The molecule has 1 unspecified atom stereocenters. The summed E-state index contributed by atoms with van der Waals surface area (Å²) in [4.78, 5) is 11.5. The standard InChI is InChI=1S/C18H22N2O3/c1-19-18(22)14-8-6-13(7-9-14)11-20-17(12-21)15-4-3-5-16(10-15)23-2/h3-10,17,20-21H,11-12H2,1-2H3,(H,19,22). The summed E-state index contributed by atoms with van der Waals surface area (Å²) < 4.78 is 5.21. The number of carbonyl (C=O) groups excluding carboxylic acids is 1. The van der Waals surface area contributed by atoms with Gasteiger partial charge in [0.05, 0.1) is 19.8 Å². The average Bonchev–Trinajstić information content (AvgIpc) is 2.62. The lowest BCUT2D eigenvalue weighted by Gasteiger charge is -2.17. The van der Waals surface area contributed by atoms with Gasteiger partial charge in [-0.15, -0.1) is 0 Å². The molecule has 23 heavy (non-hydrogen) atoms. The predicted molar refractivity (Wildman–Crippen MR) is 89.5 cm³/mol. The van der Waals surface area contributed by atoms with E-state index in [1.54, 1.807) is 26.3 Å². The van der Waals surface area contributed by atoms with Crippen molar-refractivity contribution in [3.8, 4) is 5.75 Å². The van der Waals surface area contributed by atoms with E-state index in [1.165, 1.54) is 0 Å². The number of hydrogen-bond acceptors (Lipinski definition) is 4. The smallest absolute Gasteiger partial charge is 0.251 e. The van der Waals surface area contributed by atoms with Crippen LogP contribution in [0, 0.1) is 0 Å². The monoisotopic (exact) mass is 314 g/mol. The van der Waals surface area contributed by atoms with E-state index < -0.39 is 0 Å². The van der Waals surface area contributed by atoms with Gasteiger partial charge in [-0.25, -0.2) is 0 Å². The molecule has 0 aliphatic rings. The second-order valence-corrected chi connectivity index (χ2v) is 5.17. The Bertz CT molecular complexity index is 641. The van der Waals surface area contributed by atoms with Gasteiger partial charge in [-0.05, 0) is 35.4 Å². The molecule has 0 saturated carbocycles. The number of amides is 1. The Hall–Kier alpha value is -2.37. The molecule has 0 fully saturated rings. The minimum absolute atomic E-state index is 0.0104. The molecule has 3 N–H and O–H groups in total. The molecule has 0 aliphatic carbocycles. The normalized spacial score (nSPS) is 11.8. The summed E-state index contributed by atoms with van der Waals surface area (Å²) in [5.41, 5.74) is 2.63. The topological polar surface area (TPSA) is 70.6 Å². The SMILES string of the molecule is CNC(=O)c1ccc(CNC(CO)c2cccc(OC)c2)cc1. The number of hydrogen-bond donors (Lipinski definition) is 3. The highest BCUT2D eigenvalue weighted by Crippen LogP contribution is 2.19. The number of ether oxygens (including phenoxy) is 1. The van der Waals surface area contributed by atoms with Crippen LogP contribution in [0.2, 0.25) is 0 Å². The molecule has 2 rings (SSSR count). The second-order valence-electron chi connectivity index (χ2n) is 5.17. The lowest BCUT2D eigenvalue weighted by atomic mass is 10.1. The van der Waals surface area contributed by atoms with E-state index in [4.69, 9.17) is 4.74 Å². The van der Waals surface area contributed by atoms with Crippen LogP contribution in [0.15, 0.2) is 48.5 Å². The first-order valence-corrected chi connectivity index (χ1v) is 7.47. The zero-order valence-electron chi connectivity index (χ0n) is 13.4. The highest BCUT2D eigenvalue weighted by atomic mass is 16.5. The zero-order valence-corrected chi connectivity index (χ0v) is 13.4. The van der Waals surface area contributed by atoms with Crippen molar-refractivity contribution in [1.29, 1.82) is 0 Å². The Balaban J connectivity index is 2.01. The van der Waals surface area contributed by atoms with Crippen molar-refractivity contribution in [3.05, 3.63) is 65.2 Å². The van der Waals surface area contributed by atoms with Gasteiger partial charge in [0, 0.05) is 19.2 Å². The highest BCUT2D eigenvalue weighted by molar-refractivity contribution is 5.93. The van der Waals surface area contributed by atoms with Gasteiger partial charge in [0.2, 0.25) is 0 Å². The van der Waals surface area contributed by atoms with Crippen LogP contribution in [0.4, 0.5) is 0 Å². The number of aliphatic hydroxyl groups excluding tert-OH is 1. The molecule has 0 saturated heterocycles. The Labute approximate surface area is 136 Å². The molecule has 1 amide bonds. The number of methoxy groups -OCH3 is 1. The third kappa shape index (κ3) is 4.55. The van der Waals surface area contributed by atoms with Gasteiger partial charge < -0.3 is 20.5 Å². The van der Waals surface area contributed by atoms with E-state index in [9.17, 15) is 9.90 Å². The zero-order chi connectivity index (χ0) is 16.7. The molecule has 122 valence electrons. The minimum atomic E-state index is -0.177. The molecule has 1 atom stereocenters. The maximum atomic E-state index is 11.5. The van der Waals surface area contributed by atoms with Crippen molar-refractivity contribution in [2.45, 2.75) is 12.6 Å². The van der Waals surface area contributed by atoms with Crippen molar-refractivity contribution in [1.82, 2.24) is 10.6 Å². The van der Waals surface area contributed by atoms with Gasteiger partial charge in [-0.1, -0.05) is 24.3 Å². The molecule has 5 heteroatoms. The molecule has 2 aromatic rings. The number of nitrogens with one attached hydrogen (secondary N) is 2. The summed E-state index contributed by atoms with van der Waals surface area (Å²) in [5.74, 6) is 0.659. The second kappa shape index (κ2) is 8.31. The van der Waals surface area contributed by atoms with Gasteiger partial charge >= 0.3 is 0 Å². The largest absolute Gasteiger partial charge is 0.497 e. The molecule has 2 aromatic carbocycles. The van der Waals surface area contributed by atoms with Crippen LogP contribution in [-0.4, -0.2) is 31.8 Å². The van der Waals surface area contributed by atoms with E-state index >= 15 is 0 Å². The van der Waals surface area contributed by atoms with E-state index in [1.807, 2.05) is 36.4 Å². The predicted octanol–water partition coefficient (Wildman–Crippen LogP) is 1.88. The van der Waals surface area contributed by atoms with Gasteiger partial charge in [0.1, 0.15) is 5.75 Å². The fourth-order valence-corrected chi connectivity index (χ4v) is 2.31. The van der Waals surface area contributed by atoms with Crippen LogP contribution in [-0.2, 0) is 6.54 Å². The first-order chi connectivity index (χ1) is 11.2. The van der Waals surface area contributed by atoms with Crippen LogP contribution in [0.1, 0.15) is 27.5 Å². The van der Waals surface area contributed by atoms with Crippen LogP contribution in [0.3, 0.4) is 0 Å². The van der Waals surface area contributed by atoms with Crippen LogP contribution in [0.25, 0.3) is 0 Å². The van der Waals surface area contributed by atoms with E-state index in [-0.39, 0.29) is 18.6 Å². The molecule has 5 nitrogen and oxygen atoms in total. The quantitative estimate of drug-likeness (QED) is 0.730. The van der Waals surface area contributed by atoms with Gasteiger partial charge in [-0.3, -0.25) is 4.79 Å². The van der Waals surface area contributed by atoms with Crippen LogP contribution < -0.4 is 15.4 Å². The van der Waals surface area contributed by atoms with Crippen molar-refractivity contribution in [2.75, 3.05) is 20.8 Å². The molecule has 0 radical (unpaired) electrons. The Morgan fingerprint density at radius 3 is 2.57 bits per heavy atom. The molecular weight excluding hydrogens is 292 g/mol. The highest BCUT2D eigenvalue weighted by Gasteiger charge is 2.11. The average molecular weight is 314 g/mol. The maximum absolute atomic E-state index is 11.5. The number of benzene rings is 2. The van der Waals surface area contributed by atoms with Gasteiger partial charge in [0.15, 0.2) is 0 Å². The maximum Gasteiger partial charge on any atom is 0.251 e. The van der Waals surface area contributed by atoms with E-state index in [2.05, 4.69) is 10.6 Å². The lowest BCUT2D eigenvalue weighted by molar-refractivity contribution is 0.0963. The van der Waals surface area contributed by atoms with Crippen molar-refractivity contribution < 1.29 is 14.6 Å². The fraction of sp³-hybridized carbons (Fsp3) is 0.278. The lowest BCUT2D eigenvalue weighted by Crippen LogP contribution is -2.24. The summed E-state index contributed by atoms with van der Waals surface area (Å²) in [6, 6.07) is 14.8. The van der Waals surface area contributed by atoms with Crippen molar-refractivity contribution >= 4 is 5.91 Å². The Kier molecular flexibility index (Phi) is 6.14. The van der Waals surface area contributed by atoms with Crippen molar-refractivity contribution in [2.24, 2.45) is 0 Å². The third-order valence-corrected chi connectivity index (χ3v) is 3.67. The van der Waals surface area contributed by atoms with Gasteiger partial charge in [0.25, 0.3) is 5.91 Å². The summed E-state index contributed by atoms with van der Waals surface area (Å²) >= 11 is 0. The molecular formula is C18H22N2O3.